The lowest BCUT2D eigenvalue weighted by Gasteiger charge is -2.28. The molecule has 6 nitrogen and oxygen atoms in total. The van der Waals surface area contributed by atoms with Crippen molar-refractivity contribution in [2.45, 2.75) is 32.2 Å². The van der Waals surface area contributed by atoms with E-state index in [2.05, 4.69) is 32.5 Å². The summed E-state index contributed by atoms with van der Waals surface area (Å²) in [6.07, 6.45) is 6.34. The average molecular weight is 273 g/mol. The van der Waals surface area contributed by atoms with Gasteiger partial charge in [0.05, 0.1) is 11.3 Å². The van der Waals surface area contributed by atoms with Crippen LogP contribution < -0.4 is 10.6 Å². The van der Waals surface area contributed by atoms with Gasteiger partial charge in [0, 0.05) is 18.8 Å². The Morgan fingerprint density at radius 1 is 1.40 bits per heavy atom. The molecule has 3 heterocycles. The molecule has 2 atom stereocenters. The highest BCUT2D eigenvalue weighted by Crippen LogP contribution is 2.21. The van der Waals surface area contributed by atoms with E-state index in [-0.39, 0.29) is 11.8 Å². The van der Waals surface area contributed by atoms with E-state index in [9.17, 15) is 4.79 Å². The first-order chi connectivity index (χ1) is 9.78. The largest absolute Gasteiger partial charge is 0.369 e. The lowest BCUT2D eigenvalue weighted by molar-refractivity contribution is -0.127. The number of carbonyl (C=O) groups excluding carboxylic acids is 1. The van der Waals surface area contributed by atoms with Crippen LogP contribution in [0.5, 0.6) is 0 Å². The van der Waals surface area contributed by atoms with Crippen molar-refractivity contribution >= 4 is 22.8 Å². The molecule has 0 spiro atoms. The smallest absolute Gasteiger partial charge is 0.225 e. The maximum atomic E-state index is 12.0. The fourth-order valence-corrected chi connectivity index (χ4v) is 2.66. The number of hydrogen-bond donors (Lipinski definition) is 3. The molecular weight excluding hydrogens is 254 g/mol. The molecule has 2 unspecified atom stereocenters. The zero-order chi connectivity index (χ0) is 13.9. The van der Waals surface area contributed by atoms with Crippen LogP contribution in [0.2, 0.25) is 0 Å². The SMILES string of the molecule is CCC1CCC(CNc2ncnc3[nH]ccc23)C(=O)N1. The Hall–Kier alpha value is -2.11. The quantitative estimate of drug-likeness (QED) is 0.791. The molecule has 106 valence electrons. The van der Waals surface area contributed by atoms with Gasteiger partial charge in [-0.15, -0.1) is 0 Å². The summed E-state index contributed by atoms with van der Waals surface area (Å²) in [5.74, 6) is 0.943. The average Bonchev–Trinajstić information content (AvgIpc) is 2.95. The zero-order valence-electron chi connectivity index (χ0n) is 11.5. The topological polar surface area (TPSA) is 82.7 Å². The minimum Gasteiger partial charge on any atom is -0.369 e. The van der Waals surface area contributed by atoms with Gasteiger partial charge in [-0.1, -0.05) is 6.92 Å². The van der Waals surface area contributed by atoms with Crippen LogP contribution in [-0.2, 0) is 4.79 Å². The van der Waals surface area contributed by atoms with Gasteiger partial charge in [-0.2, -0.15) is 0 Å². The third-order valence-electron chi connectivity index (χ3n) is 3.94. The van der Waals surface area contributed by atoms with Crippen LogP contribution in [0.4, 0.5) is 5.82 Å². The highest BCUT2D eigenvalue weighted by atomic mass is 16.2. The predicted octanol–water partition coefficient (Wildman–Crippen LogP) is 1.67. The Morgan fingerprint density at radius 3 is 3.10 bits per heavy atom. The molecule has 20 heavy (non-hydrogen) atoms. The number of H-pyrrole nitrogens is 1. The van der Waals surface area contributed by atoms with Crippen LogP contribution in [0.1, 0.15) is 26.2 Å². The second-order valence-corrected chi connectivity index (χ2v) is 5.23. The fourth-order valence-electron chi connectivity index (χ4n) is 2.66. The number of anilines is 1. The summed E-state index contributed by atoms with van der Waals surface area (Å²) in [7, 11) is 0. The van der Waals surface area contributed by atoms with Crippen molar-refractivity contribution in [2.24, 2.45) is 5.92 Å². The molecule has 0 aliphatic carbocycles. The monoisotopic (exact) mass is 273 g/mol. The number of nitrogens with zero attached hydrogens (tertiary/aromatic N) is 2. The molecule has 0 aromatic carbocycles. The molecule has 1 amide bonds. The van der Waals surface area contributed by atoms with Crippen molar-refractivity contribution in [3.05, 3.63) is 18.6 Å². The van der Waals surface area contributed by atoms with Gasteiger partial charge < -0.3 is 15.6 Å². The molecule has 0 radical (unpaired) electrons. The van der Waals surface area contributed by atoms with Crippen LogP contribution in [0.3, 0.4) is 0 Å². The normalized spacial score (nSPS) is 22.8. The first kappa shape index (κ1) is 12.9. The van der Waals surface area contributed by atoms with E-state index in [1.807, 2.05) is 12.3 Å². The van der Waals surface area contributed by atoms with Crippen molar-refractivity contribution in [1.82, 2.24) is 20.3 Å². The minimum absolute atomic E-state index is 0.0155. The maximum Gasteiger partial charge on any atom is 0.225 e. The molecule has 3 rings (SSSR count). The highest BCUT2D eigenvalue weighted by molar-refractivity contribution is 5.87. The van der Waals surface area contributed by atoms with Crippen LogP contribution in [0.15, 0.2) is 18.6 Å². The molecule has 6 heteroatoms. The summed E-state index contributed by atoms with van der Waals surface area (Å²) in [4.78, 5) is 23.5. The first-order valence-electron chi connectivity index (χ1n) is 7.10. The fraction of sp³-hybridized carbons (Fsp3) is 0.500. The van der Waals surface area contributed by atoms with Crippen molar-refractivity contribution in [2.75, 3.05) is 11.9 Å². The summed E-state index contributed by atoms with van der Waals surface area (Å²) in [6, 6.07) is 2.28. The van der Waals surface area contributed by atoms with Gasteiger partial charge in [-0.25, -0.2) is 9.97 Å². The summed E-state index contributed by atoms with van der Waals surface area (Å²) in [6.45, 7) is 2.71. The van der Waals surface area contributed by atoms with E-state index in [0.29, 0.717) is 12.6 Å². The Balaban J connectivity index is 1.65. The molecule has 3 N–H and O–H groups in total. The summed E-state index contributed by atoms with van der Waals surface area (Å²) in [5.41, 5.74) is 0.807. The maximum absolute atomic E-state index is 12.0. The van der Waals surface area contributed by atoms with E-state index in [1.165, 1.54) is 6.33 Å². The van der Waals surface area contributed by atoms with E-state index >= 15 is 0 Å². The lowest BCUT2D eigenvalue weighted by atomic mass is 9.93. The van der Waals surface area contributed by atoms with Crippen molar-refractivity contribution in [3.8, 4) is 0 Å². The van der Waals surface area contributed by atoms with Crippen molar-refractivity contribution in [1.29, 1.82) is 0 Å². The standard InChI is InChI=1S/C14H19N5O/c1-2-10-4-3-9(14(20)19-10)7-16-13-11-5-6-15-12(11)17-8-18-13/h5-6,8-10H,2-4,7H2,1H3,(H,19,20)(H2,15,16,17,18). The lowest BCUT2D eigenvalue weighted by Crippen LogP contribution is -2.45. The molecule has 1 saturated heterocycles. The zero-order valence-corrected chi connectivity index (χ0v) is 11.5. The van der Waals surface area contributed by atoms with Gasteiger partial charge in [0.1, 0.15) is 17.8 Å². The van der Waals surface area contributed by atoms with E-state index < -0.39 is 0 Å². The number of nitrogens with one attached hydrogen (secondary N) is 3. The van der Waals surface area contributed by atoms with Crippen LogP contribution in [0, 0.1) is 5.92 Å². The third kappa shape index (κ3) is 2.45. The van der Waals surface area contributed by atoms with Gasteiger partial charge in [0.15, 0.2) is 0 Å². The van der Waals surface area contributed by atoms with Crippen LogP contribution >= 0.6 is 0 Å². The van der Waals surface area contributed by atoms with E-state index in [0.717, 1.165) is 36.1 Å². The first-order valence-corrected chi connectivity index (χ1v) is 7.10. The van der Waals surface area contributed by atoms with Gasteiger partial charge >= 0.3 is 0 Å². The van der Waals surface area contributed by atoms with E-state index in [4.69, 9.17) is 0 Å². The molecule has 2 aromatic heterocycles. The third-order valence-corrected chi connectivity index (χ3v) is 3.94. The number of aromatic nitrogens is 3. The molecule has 0 bridgehead atoms. The number of piperidine rings is 1. The molecule has 1 aliphatic heterocycles. The second-order valence-electron chi connectivity index (χ2n) is 5.23. The van der Waals surface area contributed by atoms with Crippen molar-refractivity contribution in [3.63, 3.8) is 0 Å². The summed E-state index contributed by atoms with van der Waals surface area (Å²) < 4.78 is 0. The van der Waals surface area contributed by atoms with Gasteiger partial charge in [0.2, 0.25) is 5.91 Å². The van der Waals surface area contributed by atoms with Gasteiger partial charge in [-0.3, -0.25) is 4.79 Å². The summed E-state index contributed by atoms with van der Waals surface area (Å²) in [5, 5.41) is 7.30. The number of fused-ring (bicyclic) bond motifs is 1. The van der Waals surface area contributed by atoms with Gasteiger partial charge in [-0.05, 0) is 25.3 Å². The van der Waals surface area contributed by atoms with E-state index in [1.54, 1.807) is 0 Å². The highest BCUT2D eigenvalue weighted by Gasteiger charge is 2.26. The van der Waals surface area contributed by atoms with Crippen molar-refractivity contribution < 1.29 is 4.79 Å². The number of carbonyl (C=O) groups is 1. The molecule has 1 fully saturated rings. The Bertz CT molecular complexity index is 608. The molecule has 2 aromatic rings. The molecule has 1 aliphatic rings. The number of aromatic amines is 1. The summed E-state index contributed by atoms with van der Waals surface area (Å²) >= 11 is 0. The van der Waals surface area contributed by atoms with Crippen LogP contribution in [-0.4, -0.2) is 33.4 Å². The Kier molecular flexibility index (Phi) is 3.54. The number of rotatable bonds is 4. The minimum atomic E-state index is 0.0155. The Morgan fingerprint density at radius 2 is 2.30 bits per heavy atom. The van der Waals surface area contributed by atoms with Gasteiger partial charge in [0.25, 0.3) is 0 Å². The number of hydrogen-bond acceptors (Lipinski definition) is 4. The molecular formula is C14H19N5O. The predicted molar refractivity (Wildman–Crippen MR) is 77.3 cm³/mol. The van der Waals surface area contributed by atoms with Crippen LogP contribution in [0.25, 0.3) is 11.0 Å². The second kappa shape index (κ2) is 5.48. The number of amides is 1. The molecule has 0 saturated carbocycles. The Labute approximate surface area is 117 Å².